The van der Waals surface area contributed by atoms with Gasteiger partial charge in [-0.1, -0.05) is 19.1 Å². The van der Waals surface area contributed by atoms with E-state index in [-0.39, 0.29) is 18.6 Å². The summed E-state index contributed by atoms with van der Waals surface area (Å²) in [4.78, 5) is 22.7. The maximum atomic E-state index is 11.8. The summed E-state index contributed by atoms with van der Waals surface area (Å²) in [5, 5.41) is 2.99. The molecule has 0 radical (unpaired) electrons. The van der Waals surface area contributed by atoms with Crippen LogP contribution in [0.1, 0.15) is 43.0 Å². The third kappa shape index (κ3) is 4.08. The van der Waals surface area contributed by atoms with Crippen LogP contribution in [-0.4, -0.2) is 24.8 Å². The highest BCUT2D eigenvalue weighted by Gasteiger charge is 2.19. The molecule has 1 fully saturated rings. The van der Waals surface area contributed by atoms with Crippen LogP contribution in [0, 0.1) is 5.92 Å². The summed E-state index contributed by atoms with van der Waals surface area (Å²) in [5.74, 6) is 1.10. The molecule has 0 bridgehead atoms. The number of ether oxygens (including phenoxy) is 1. The molecule has 2 rings (SSSR count). The molecule has 20 heavy (non-hydrogen) atoms. The summed E-state index contributed by atoms with van der Waals surface area (Å²) in [6, 6.07) is 7.17. The molecule has 108 valence electrons. The number of aldehydes is 1. The predicted molar refractivity (Wildman–Crippen MR) is 76.9 cm³/mol. The fraction of sp³-hybridized carbons (Fsp3) is 0.500. The third-order valence-electron chi connectivity index (χ3n) is 3.79. The molecule has 0 heterocycles. The predicted octanol–water partition coefficient (Wildman–Crippen LogP) is 2.57. The average Bonchev–Trinajstić information content (AvgIpc) is 2.48. The van der Waals surface area contributed by atoms with Gasteiger partial charge in [-0.05, 0) is 43.7 Å². The van der Waals surface area contributed by atoms with Gasteiger partial charge in [-0.2, -0.15) is 0 Å². The molecule has 4 nitrogen and oxygen atoms in total. The van der Waals surface area contributed by atoms with Crippen LogP contribution in [0.5, 0.6) is 5.75 Å². The monoisotopic (exact) mass is 275 g/mol. The second kappa shape index (κ2) is 7.08. The number of carbonyl (C=O) groups excluding carboxylic acids is 2. The fourth-order valence-corrected chi connectivity index (χ4v) is 2.53. The number of rotatable bonds is 5. The quantitative estimate of drug-likeness (QED) is 0.840. The molecule has 1 saturated carbocycles. The lowest BCUT2D eigenvalue weighted by Gasteiger charge is -2.26. The van der Waals surface area contributed by atoms with Crippen molar-refractivity contribution in [2.45, 2.75) is 38.6 Å². The van der Waals surface area contributed by atoms with E-state index in [1.165, 1.54) is 12.8 Å². The van der Waals surface area contributed by atoms with Gasteiger partial charge in [-0.3, -0.25) is 9.59 Å². The molecule has 1 N–H and O–H groups in total. The van der Waals surface area contributed by atoms with Crippen molar-refractivity contribution in [1.82, 2.24) is 5.32 Å². The first-order chi connectivity index (χ1) is 9.69. The van der Waals surface area contributed by atoms with Gasteiger partial charge in [0.1, 0.15) is 5.75 Å². The number of nitrogens with one attached hydrogen (secondary N) is 1. The minimum absolute atomic E-state index is 0.0447. The number of benzene rings is 1. The van der Waals surface area contributed by atoms with Gasteiger partial charge in [-0.15, -0.1) is 0 Å². The van der Waals surface area contributed by atoms with Gasteiger partial charge in [-0.25, -0.2) is 0 Å². The van der Waals surface area contributed by atoms with E-state index in [1.807, 2.05) is 0 Å². The Kier molecular flexibility index (Phi) is 5.16. The van der Waals surface area contributed by atoms with Crippen LogP contribution in [0.4, 0.5) is 0 Å². The zero-order valence-corrected chi connectivity index (χ0v) is 11.8. The number of para-hydroxylation sites is 1. The number of hydrogen-bond acceptors (Lipinski definition) is 3. The van der Waals surface area contributed by atoms with Gasteiger partial charge >= 0.3 is 0 Å². The molecule has 1 amide bonds. The lowest BCUT2D eigenvalue weighted by Crippen LogP contribution is -2.39. The normalized spacial score (nSPS) is 22.1. The fourth-order valence-electron chi connectivity index (χ4n) is 2.53. The average molecular weight is 275 g/mol. The van der Waals surface area contributed by atoms with E-state index >= 15 is 0 Å². The molecule has 0 saturated heterocycles. The molecule has 0 atom stereocenters. The van der Waals surface area contributed by atoms with Crippen molar-refractivity contribution in [1.29, 1.82) is 0 Å². The molecule has 0 unspecified atom stereocenters. The van der Waals surface area contributed by atoms with Crippen LogP contribution in [-0.2, 0) is 4.79 Å². The molecule has 0 spiro atoms. The second-order valence-corrected chi connectivity index (χ2v) is 5.47. The summed E-state index contributed by atoms with van der Waals surface area (Å²) >= 11 is 0. The van der Waals surface area contributed by atoms with Gasteiger partial charge in [0.25, 0.3) is 5.91 Å². The minimum atomic E-state index is -0.120. The van der Waals surface area contributed by atoms with Crippen LogP contribution in [0.25, 0.3) is 0 Å². The lowest BCUT2D eigenvalue weighted by atomic mass is 9.87. The number of hydrogen-bond donors (Lipinski definition) is 1. The lowest BCUT2D eigenvalue weighted by molar-refractivity contribution is -0.124. The Bertz CT molecular complexity index is 465. The summed E-state index contributed by atoms with van der Waals surface area (Å²) in [6.07, 6.45) is 5.14. The Labute approximate surface area is 119 Å². The van der Waals surface area contributed by atoms with E-state index in [4.69, 9.17) is 4.74 Å². The molecule has 0 aliphatic heterocycles. The number of carbonyl (C=O) groups is 2. The van der Waals surface area contributed by atoms with Crippen molar-refractivity contribution in [3.8, 4) is 5.75 Å². The third-order valence-corrected chi connectivity index (χ3v) is 3.79. The first kappa shape index (κ1) is 14.6. The van der Waals surface area contributed by atoms with E-state index in [1.54, 1.807) is 24.3 Å². The highest BCUT2D eigenvalue weighted by atomic mass is 16.5. The summed E-state index contributed by atoms with van der Waals surface area (Å²) < 4.78 is 5.41. The number of amides is 1. The van der Waals surface area contributed by atoms with E-state index in [9.17, 15) is 9.59 Å². The van der Waals surface area contributed by atoms with Crippen molar-refractivity contribution in [2.75, 3.05) is 6.61 Å². The van der Waals surface area contributed by atoms with E-state index < -0.39 is 0 Å². The Morgan fingerprint density at radius 1 is 1.30 bits per heavy atom. The van der Waals surface area contributed by atoms with Crippen LogP contribution in [0.2, 0.25) is 0 Å². The van der Waals surface area contributed by atoms with Gasteiger partial charge in [0, 0.05) is 6.04 Å². The zero-order chi connectivity index (χ0) is 14.4. The van der Waals surface area contributed by atoms with Crippen molar-refractivity contribution in [2.24, 2.45) is 5.92 Å². The Hall–Kier alpha value is -1.84. The van der Waals surface area contributed by atoms with Crippen molar-refractivity contribution < 1.29 is 14.3 Å². The maximum Gasteiger partial charge on any atom is 0.258 e. The summed E-state index contributed by atoms with van der Waals surface area (Å²) in [5.41, 5.74) is 0.465. The van der Waals surface area contributed by atoms with Crippen LogP contribution >= 0.6 is 0 Å². The molecule has 1 aliphatic rings. The second-order valence-electron chi connectivity index (χ2n) is 5.47. The van der Waals surface area contributed by atoms with E-state index in [0.717, 1.165) is 25.0 Å². The van der Waals surface area contributed by atoms with Crippen molar-refractivity contribution in [3.05, 3.63) is 29.8 Å². The van der Waals surface area contributed by atoms with E-state index in [2.05, 4.69) is 12.2 Å². The SMILES string of the molecule is CC1CCC(NC(=O)COc2ccccc2C=O)CC1. The van der Waals surface area contributed by atoms with Gasteiger partial charge in [0.2, 0.25) is 0 Å². The summed E-state index contributed by atoms with van der Waals surface area (Å²) in [6.45, 7) is 2.20. The molecule has 0 aromatic heterocycles. The first-order valence-corrected chi connectivity index (χ1v) is 7.15. The smallest absolute Gasteiger partial charge is 0.258 e. The largest absolute Gasteiger partial charge is 0.483 e. The minimum Gasteiger partial charge on any atom is -0.483 e. The molecule has 1 aliphatic carbocycles. The molecule has 1 aromatic carbocycles. The van der Waals surface area contributed by atoms with Crippen LogP contribution in [0.3, 0.4) is 0 Å². The van der Waals surface area contributed by atoms with E-state index in [0.29, 0.717) is 11.3 Å². The van der Waals surface area contributed by atoms with Gasteiger partial charge in [0.15, 0.2) is 12.9 Å². The molecular weight excluding hydrogens is 254 g/mol. The molecule has 1 aromatic rings. The Balaban J connectivity index is 1.79. The van der Waals surface area contributed by atoms with Crippen LogP contribution < -0.4 is 10.1 Å². The van der Waals surface area contributed by atoms with Crippen molar-refractivity contribution >= 4 is 12.2 Å². The molecular formula is C16H21NO3. The van der Waals surface area contributed by atoms with Gasteiger partial charge < -0.3 is 10.1 Å². The zero-order valence-electron chi connectivity index (χ0n) is 11.8. The Morgan fingerprint density at radius 2 is 2.00 bits per heavy atom. The molecule has 4 heteroatoms. The topological polar surface area (TPSA) is 55.4 Å². The highest BCUT2D eigenvalue weighted by molar-refractivity contribution is 5.80. The highest BCUT2D eigenvalue weighted by Crippen LogP contribution is 2.23. The van der Waals surface area contributed by atoms with Crippen molar-refractivity contribution in [3.63, 3.8) is 0 Å². The maximum absolute atomic E-state index is 11.8. The van der Waals surface area contributed by atoms with Crippen LogP contribution in [0.15, 0.2) is 24.3 Å². The first-order valence-electron chi connectivity index (χ1n) is 7.15. The van der Waals surface area contributed by atoms with Gasteiger partial charge in [0.05, 0.1) is 5.56 Å². The Morgan fingerprint density at radius 3 is 2.70 bits per heavy atom. The summed E-state index contributed by atoms with van der Waals surface area (Å²) in [7, 11) is 0. The standard InChI is InChI=1S/C16H21NO3/c1-12-6-8-14(9-7-12)17-16(19)11-20-15-5-3-2-4-13(15)10-18/h2-5,10,12,14H,6-9,11H2,1H3,(H,17,19).